The maximum atomic E-state index is 4.99. The average Bonchev–Trinajstić information content (AvgIpc) is 4.14. The molecule has 0 fully saturated rings. The number of hydrogen-bond donors (Lipinski definition) is 0. The van der Waals surface area contributed by atoms with Gasteiger partial charge in [-0.05, 0) is 98.1 Å². The summed E-state index contributed by atoms with van der Waals surface area (Å²) in [5, 5.41) is 5.16. The normalized spacial score (nSPS) is 13.0. The topological polar surface area (TPSA) is 43.6 Å². The van der Waals surface area contributed by atoms with Crippen molar-refractivity contribution < 1.29 is 0 Å². The Morgan fingerprint density at radius 1 is 0.333 bits per heavy atom. The Kier molecular flexibility index (Phi) is 8.12. The molecule has 0 bridgehead atoms. The minimum atomic E-state index is -0.526. The van der Waals surface area contributed by atoms with E-state index in [1.165, 1.54) is 92.0 Å². The zero-order chi connectivity index (χ0) is 45.2. The molecular weight excluding hydrogens is 857 g/mol. The van der Waals surface area contributed by atoms with Gasteiger partial charge >= 0.3 is 0 Å². The first-order valence-electron chi connectivity index (χ1n) is 23.5. The van der Waals surface area contributed by atoms with E-state index in [0.29, 0.717) is 17.5 Å². The summed E-state index contributed by atoms with van der Waals surface area (Å²) >= 11 is 1.89. The summed E-state index contributed by atoms with van der Waals surface area (Å²) in [5.41, 5.74) is 18.9. The Bertz CT molecular complexity index is 4130. The quantitative estimate of drug-likeness (QED) is 0.173. The van der Waals surface area contributed by atoms with Crippen molar-refractivity contribution in [2.45, 2.75) is 5.41 Å². The zero-order valence-corrected chi connectivity index (χ0v) is 38.0. The van der Waals surface area contributed by atoms with Crippen LogP contribution in [-0.2, 0) is 5.41 Å². The van der Waals surface area contributed by atoms with Gasteiger partial charge in [0.25, 0.3) is 0 Å². The monoisotopic (exact) mass is 894 g/mol. The fraction of sp³-hybridized carbons (Fsp3) is 0.0156. The second-order valence-electron chi connectivity index (χ2n) is 18.2. The van der Waals surface area contributed by atoms with Gasteiger partial charge in [-0.25, -0.2) is 15.0 Å². The van der Waals surface area contributed by atoms with Gasteiger partial charge in [0.05, 0.1) is 16.4 Å². The van der Waals surface area contributed by atoms with Crippen LogP contribution in [0.1, 0.15) is 22.3 Å². The molecule has 0 saturated carbocycles. The average molecular weight is 895 g/mol. The molecule has 0 atom stereocenters. The molecule has 13 aromatic rings. The van der Waals surface area contributed by atoms with Gasteiger partial charge in [-0.2, -0.15) is 0 Å². The van der Waals surface area contributed by atoms with Crippen LogP contribution in [0.5, 0.6) is 0 Å². The van der Waals surface area contributed by atoms with Crippen LogP contribution < -0.4 is 0 Å². The van der Waals surface area contributed by atoms with Gasteiger partial charge in [-0.1, -0.05) is 188 Å². The molecule has 3 aromatic heterocycles. The van der Waals surface area contributed by atoms with Crippen molar-refractivity contribution in [3.63, 3.8) is 0 Å². The molecule has 5 heteroatoms. The molecule has 2 aliphatic carbocycles. The summed E-state index contributed by atoms with van der Waals surface area (Å²) in [6.45, 7) is 0. The van der Waals surface area contributed by atoms with Crippen LogP contribution in [0, 0.1) is 0 Å². The molecule has 10 aromatic carbocycles. The summed E-state index contributed by atoms with van der Waals surface area (Å²) in [5.74, 6) is 1.96. The zero-order valence-electron chi connectivity index (χ0n) is 37.1. The summed E-state index contributed by atoms with van der Waals surface area (Å²) in [4.78, 5) is 14.9. The second-order valence-corrected chi connectivity index (χ2v) is 19.3. The van der Waals surface area contributed by atoms with Crippen LogP contribution in [0.4, 0.5) is 0 Å². The van der Waals surface area contributed by atoms with Crippen molar-refractivity contribution in [3.05, 3.63) is 253 Å². The van der Waals surface area contributed by atoms with Crippen LogP contribution in [0.25, 0.3) is 115 Å². The lowest BCUT2D eigenvalue weighted by atomic mass is 9.69. The largest absolute Gasteiger partial charge is 0.309 e. The molecule has 1 spiro atoms. The molecule has 0 amide bonds. The van der Waals surface area contributed by atoms with E-state index in [9.17, 15) is 0 Å². The van der Waals surface area contributed by atoms with Gasteiger partial charge in [0, 0.05) is 53.3 Å². The second kappa shape index (κ2) is 14.6. The number of hydrogen-bond acceptors (Lipinski definition) is 4. The van der Waals surface area contributed by atoms with E-state index in [1.807, 2.05) is 72.0 Å². The Labute approximate surface area is 402 Å². The lowest BCUT2D eigenvalue weighted by Gasteiger charge is -2.31. The molecule has 15 rings (SSSR count). The van der Waals surface area contributed by atoms with Crippen LogP contribution in [0.2, 0.25) is 0 Å². The molecule has 2 aliphatic rings. The van der Waals surface area contributed by atoms with Crippen molar-refractivity contribution >= 4 is 53.3 Å². The molecule has 0 aliphatic heterocycles. The lowest BCUT2D eigenvalue weighted by molar-refractivity contribution is 0.802. The van der Waals surface area contributed by atoms with E-state index in [0.717, 1.165) is 27.9 Å². The summed E-state index contributed by atoms with van der Waals surface area (Å²) in [7, 11) is 0. The first-order chi connectivity index (χ1) is 34.2. The Balaban J connectivity index is 0.916. The third-order valence-electron chi connectivity index (χ3n) is 14.7. The van der Waals surface area contributed by atoms with Crippen molar-refractivity contribution in [2.75, 3.05) is 0 Å². The number of thiophene rings is 1. The number of para-hydroxylation sites is 2. The molecule has 3 heterocycles. The van der Waals surface area contributed by atoms with E-state index < -0.39 is 5.41 Å². The Morgan fingerprint density at radius 3 is 1.55 bits per heavy atom. The molecule has 0 N–H and O–H groups in total. The maximum absolute atomic E-state index is 4.99. The number of rotatable bonds is 5. The summed E-state index contributed by atoms with van der Waals surface area (Å²) < 4.78 is 5.04. The highest BCUT2D eigenvalue weighted by Gasteiger charge is 2.53. The third-order valence-corrected chi connectivity index (χ3v) is 15.8. The van der Waals surface area contributed by atoms with Crippen LogP contribution >= 0.6 is 11.3 Å². The molecule has 0 saturated heterocycles. The van der Waals surface area contributed by atoms with E-state index >= 15 is 0 Å². The SMILES string of the molecule is c1ccc(-c2nc(-c3ccccc3)nc(-c3ccc(-c4ccc5c(c4)sc4ccc6c(c45)C4(c5ccccc5-c5ccccc54)c4cc5c(cc4-6)c4ccccc4n5-c4ccccc4)cc3)n2)cc1. The molecule has 4 nitrogen and oxygen atoms in total. The summed E-state index contributed by atoms with van der Waals surface area (Å²) in [6, 6.07) is 83.9. The standard InChI is InChI=1S/C64H38N4S/c1-4-16-40(17-5-1)61-65-62(41-18-6-2-7-19-41)67-63(66-61)42-30-28-39(29-31-42)43-32-33-49-58(36-43)69-57-35-34-48-50-37-51-47-24-12-15-27-55(47)68(44-20-8-3-9-21-44)56(51)38-54(50)64(60(48)59(49)57)52-25-13-10-22-45(52)46-23-11-14-26-53(46)64/h1-38H. The fourth-order valence-corrected chi connectivity index (χ4v) is 12.9. The van der Waals surface area contributed by atoms with Crippen molar-refractivity contribution in [3.8, 4) is 73.2 Å². The van der Waals surface area contributed by atoms with Gasteiger partial charge in [0.1, 0.15) is 0 Å². The first kappa shape index (κ1) is 38.3. The highest BCUT2D eigenvalue weighted by Crippen LogP contribution is 2.65. The third kappa shape index (κ3) is 5.48. The van der Waals surface area contributed by atoms with Crippen LogP contribution in [-0.4, -0.2) is 19.5 Å². The molecule has 320 valence electrons. The van der Waals surface area contributed by atoms with E-state index in [1.54, 1.807) is 0 Å². The van der Waals surface area contributed by atoms with Gasteiger partial charge in [0.15, 0.2) is 17.5 Å². The molecular formula is C64H38N4S. The molecule has 0 unspecified atom stereocenters. The van der Waals surface area contributed by atoms with Gasteiger partial charge < -0.3 is 4.57 Å². The van der Waals surface area contributed by atoms with E-state index in [-0.39, 0.29) is 0 Å². The van der Waals surface area contributed by atoms with Crippen LogP contribution in [0.3, 0.4) is 0 Å². The van der Waals surface area contributed by atoms with Crippen molar-refractivity contribution in [1.82, 2.24) is 19.5 Å². The van der Waals surface area contributed by atoms with E-state index in [2.05, 4.69) is 174 Å². The molecule has 69 heavy (non-hydrogen) atoms. The number of fused-ring (bicyclic) bond motifs is 17. The predicted octanol–water partition coefficient (Wildman–Crippen LogP) is 16.3. The Morgan fingerprint density at radius 2 is 0.884 bits per heavy atom. The minimum Gasteiger partial charge on any atom is -0.309 e. The smallest absolute Gasteiger partial charge is 0.164 e. The van der Waals surface area contributed by atoms with Crippen LogP contribution in [0.15, 0.2) is 231 Å². The number of benzene rings is 10. The van der Waals surface area contributed by atoms with Crippen molar-refractivity contribution in [1.29, 1.82) is 0 Å². The predicted molar refractivity (Wildman–Crippen MR) is 285 cm³/mol. The van der Waals surface area contributed by atoms with Gasteiger partial charge in [-0.15, -0.1) is 11.3 Å². The van der Waals surface area contributed by atoms with Gasteiger partial charge in [-0.3, -0.25) is 0 Å². The number of aromatic nitrogens is 4. The number of nitrogens with zero attached hydrogens (tertiary/aromatic N) is 4. The maximum Gasteiger partial charge on any atom is 0.164 e. The lowest BCUT2D eigenvalue weighted by Crippen LogP contribution is -2.26. The van der Waals surface area contributed by atoms with Crippen molar-refractivity contribution in [2.24, 2.45) is 0 Å². The summed E-state index contributed by atoms with van der Waals surface area (Å²) in [6.07, 6.45) is 0. The first-order valence-corrected chi connectivity index (χ1v) is 24.3. The Hall–Kier alpha value is -8.77. The highest BCUT2D eigenvalue weighted by atomic mass is 32.1. The highest BCUT2D eigenvalue weighted by molar-refractivity contribution is 7.25. The van der Waals surface area contributed by atoms with E-state index in [4.69, 9.17) is 15.0 Å². The molecule has 0 radical (unpaired) electrons. The minimum absolute atomic E-state index is 0.526. The fourth-order valence-electron chi connectivity index (χ4n) is 11.7. The van der Waals surface area contributed by atoms with Gasteiger partial charge in [0.2, 0.25) is 0 Å².